The van der Waals surface area contributed by atoms with E-state index in [0.717, 1.165) is 17.7 Å². The van der Waals surface area contributed by atoms with E-state index in [2.05, 4.69) is 10.1 Å². The zero-order valence-electron chi connectivity index (χ0n) is 11.1. The van der Waals surface area contributed by atoms with Gasteiger partial charge in [0, 0.05) is 6.42 Å². The van der Waals surface area contributed by atoms with Gasteiger partial charge in [0.15, 0.2) is 5.82 Å². The second-order valence-electron chi connectivity index (χ2n) is 4.10. The van der Waals surface area contributed by atoms with Crippen LogP contribution in [-0.4, -0.2) is 27.3 Å². The van der Waals surface area contributed by atoms with Gasteiger partial charge in [-0.15, -0.1) is 16.4 Å². The average Bonchev–Trinajstić information content (AvgIpc) is 3.05. The molecule has 0 unspecified atom stereocenters. The Bertz CT molecular complexity index is 534. The fourth-order valence-corrected chi connectivity index (χ4v) is 2.31. The first-order valence-corrected chi connectivity index (χ1v) is 7.31. The molecule has 6 heteroatoms. The third kappa shape index (κ3) is 3.20. The normalized spacial score (nSPS) is 10.6. The van der Waals surface area contributed by atoms with Crippen molar-refractivity contribution in [2.24, 2.45) is 0 Å². The molecule has 0 bridgehead atoms. The predicted molar refractivity (Wildman–Crippen MR) is 74.7 cm³/mol. The summed E-state index contributed by atoms with van der Waals surface area (Å²) >= 11 is 1.53. The Morgan fingerprint density at radius 1 is 1.42 bits per heavy atom. The first-order chi connectivity index (χ1) is 9.26. The highest BCUT2D eigenvalue weighted by Crippen LogP contribution is 2.25. The Labute approximate surface area is 116 Å². The zero-order chi connectivity index (χ0) is 13.7. The van der Waals surface area contributed by atoms with Gasteiger partial charge in [0.25, 0.3) is 0 Å². The van der Waals surface area contributed by atoms with Crippen molar-refractivity contribution in [3.8, 4) is 16.7 Å². The summed E-state index contributed by atoms with van der Waals surface area (Å²) < 4.78 is 6.77. The van der Waals surface area contributed by atoms with Crippen molar-refractivity contribution in [2.45, 2.75) is 33.1 Å². The van der Waals surface area contributed by atoms with Crippen LogP contribution in [0.3, 0.4) is 0 Å². The molecule has 0 fully saturated rings. The number of ether oxygens (including phenoxy) is 1. The lowest BCUT2D eigenvalue weighted by atomic mass is 10.3. The molecule has 0 spiro atoms. The van der Waals surface area contributed by atoms with Crippen LogP contribution in [0.25, 0.3) is 10.7 Å². The van der Waals surface area contributed by atoms with Gasteiger partial charge in [-0.05, 0) is 24.3 Å². The lowest BCUT2D eigenvalue weighted by molar-refractivity contribution is 0.0885. The second-order valence-corrected chi connectivity index (χ2v) is 5.05. The lowest BCUT2D eigenvalue weighted by Crippen LogP contribution is -2.13. The number of hydrogen-bond donors (Lipinski definition) is 0. The summed E-state index contributed by atoms with van der Waals surface area (Å²) in [6.07, 6.45) is 2.12. The minimum Gasteiger partial charge on any atom is -0.462 e. The summed E-state index contributed by atoms with van der Waals surface area (Å²) in [6.45, 7) is 4.53. The van der Waals surface area contributed by atoms with Crippen LogP contribution in [0.1, 0.15) is 37.9 Å². The zero-order valence-corrected chi connectivity index (χ0v) is 11.9. The van der Waals surface area contributed by atoms with E-state index in [4.69, 9.17) is 4.74 Å². The van der Waals surface area contributed by atoms with E-state index in [1.807, 2.05) is 31.4 Å². The third-order valence-corrected chi connectivity index (χ3v) is 3.33. The lowest BCUT2D eigenvalue weighted by Gasteiger charge is -2.00. The first kappa shape index (κ1) is 13.7. The standard InChI is InChI=1S/C13H17N3O2S/c1-3-6-11(17)16-12(10-7-5-9-19-10)14-13(15-16)18-8-4-2/h5,7,9H,3-4,6,8H2,1-2H3. The van der Waals surface area contributed by atoms with Crippen LogP contribution < -0.4 is 4.74 Å². The van der Waals surface area contributed by atoms with E-state index in [-0.39, 0.29) is 11.9 Å². The van der Waals surface area contributed by atoms with E-state index in [1.165, 1.54) is 16.0 Å². The fraction of sp³-hybridized carbons (Fsp3) is 0.462. The van der Waals surface area contributed by atoms with Crippen LogP contribution in [0.2, 0.25) is 0 Å². The van der Waals surface area contributed by atoms with Crippen molar-refractivity contribution in [1.29, 1.82) is 0 Å². The topological polar surface area (TPSA) is 57.0 Å². The van der Waals surface area contributed by atoms with Gasteiger partial charge in [0.05, 0.1) is 11.5 Å². The molecule has 0 N–H and O–H groups in total. The molecule has 0 aromatic carbocycles. The number of carbonyl (C=O) groups excluding carboxylic acids is 1. The van der Waals surface area contributed by atoms with E-state index >= 15 is 0 Å². The van der Waals surface area contributed by atoms with Gasteiger partial charge in [0.1, 0.15) is 0 Å². The van der Waals surface area contributed by atoms with Gasteiger partial charge < -0.3 is 4.74 Å². The number of thiophene rings is 1. The molecule has 0 saturated heterocycles. The van der Waals surface area contributed by atoms with Crippen LogP contribution in [0.4, 0.5) is 0 Å². The molecule has 19 heavy (non-hydrogen) atoms. The van der Waals surface area contributed by atoms with Crippen LogP contribution in [0.15, 0.2) is 17.5 Å². The first-order valence-electron chi connectivity index (χ1n) is 6.43. The summed E-state index contributed by atoms with van der Waals surface area (Å²) in [6, 6.07) is 4.12. The summed E-state index contributed by atoms with van der Waals surface area (Å²) in [4.78, 5) is 17.3. The second kappa shape index (κ2) is 6.47. The summed E-state index contributed by atoms with van der Waals surface area (Å²) in [5.41, 5.74) is 0. The molecule has 5 nitrogen and oxygen atoms in total. The van der Waals surface area contributed by atoms with Gasteiger partial charge in [0.2, 0.25) is 5.91 Å². The van der Waals surface area contributed by atoms with Gasteiger partial charge in [-0.2, -0.15) is 9.67 Å². The van der Waals surface area contributed by atoms with Crippen molar-refractivity contribution >= 4 is 17.2 Å². The minimum absolute atomic E-state index is 0.0512. The van der Waals surface area contributed by atoms with E-state index in [9.17, 15) is 4.79 Å². The summed E-state index contributed by atoms with van der Waals surface area (Å²) in [5, 5.41) is 6.11. The van der Waals surface area contributed by atoms with Gasteiger partial charge in [-0.25, -0.2) is 0 Å². The molecule has 0 amide bonds. The van der Waals surface area contributed by atoms with E-state index in [0.29, 0.717) is 18.9 Å². The maximum atomic E-state index is 12.1. The monoisotopic (exact) mass is 279 g/mol. The highest BCUT2D eigenvalue weighted by atomic mass is 32.1. The van der Waals surface area contributed by atoms with Crippen LogP contribution in [0.5, 0.6) is 6.01 Å². The van der Waals surface area contributed by atoms with Crippen molar-refractivity contribution in [2.75, 3.05) is 6.61 Å². The van der Waals surface area contributed by atoms with Crippen molar-refractivity contribution < 1.29 is 9.53 Å². The molecule has 2 heterocycles. The molecular formula is C13H17N3O2S. The molecule has 2 aromatic heterocycles. The highest BCUT2D eigenvalue weighted by Gasteiger charge is 2.18. The smallest absolute Gasteiger partial charge is 0.336 e. The quantitative estimate of drug-likeness (QED) is 0.814. The number of nitrogens with zero attached hydrogens (tertiary/aromatic N) is 3. The molecule has 0 radical (unpaired) electrons. The molecule has 0 aliphatic rings. The summed E-state index contributed by atoms with van der Waals surface area (Å²) in [5.74, 6) is 0.518. The van der Waals surface area contributed by atoms with Crippen LogP contribution in [-0.2, 0) is 0 Å². The van der Waals surface area contributed by atoms with E-state index in [1.54, 1.807) is 0 Å². The molecule has 0 atom stereocenters. The molecule has 0 aliphatic carbocycles. The Hall–Kier alpha value is -1.69. The summed E-state index contributed by atoms with van der Waals surface area (Å²) in [7, 11) is 0. The maximum Gasteiger partial charge on any atom is 0.336 e. The Kier molecular flexibility index (Phi) is 4.68. The third-order valence-electron chi connectivity index (χ3n) is 2.46. The van der Waals surface area contributed by atoms with Crippen molar-refractivity contribution in [3.63, 3.8) is 0 Å². The Morgan fingerprint density at radius 3 is 2.89 bits per heavy atom. The fourth-order valence-electron chi connectivity index (χ4n) is 1.61. The van der Waals surface area contributed by atoms with Crippen LogP contribution >= 0.6 is 11.3 Å². The largest absolute Gasteiger partial charge is 0.462 e. The number of aromatic nitrogens is 3. The van der Waals surface area contributed by atoms with Gasteiger partial charge >= 0.3 is 6.01 Å². The molecular weight excluding hydrogens is 262 g/mol. The molecule has 0 aliphatic heterocycles. The Balaban J connectivity index is 2.33. The average molecular weight is 279 g/mol. The molecule has 102 valence electrons. The van der Waals surface area contributed by atoms with Gasteiger partial charge in [-0.1, -0.05) is 19.9 Å². The highest BCUT2D eigenvalue weighted by molar-refractivity contribution is 7.13. The molecule has 2 aromatic rings. The predicted octanol–water partition coefficient (Wildman–Crippen LogP) is 3.24. The SMILES string of the molecule is CCCOc1nc(-c2cccs2)n(C(=O)CCC)n1. The van der Waals surface area contributed by atoms with Crippen molar-refractivity contribution in [3.05, 3.63) is 17.5 Å². The number of carbonyl (C=O) groups is 1. The van der Waals surface area contributed by atoms with Crippen LogP contribution in [0, 0.1) is 0 Å². The number of hydrogen-bond acceptors (Lipinski definition) is 5. The number of rotatable bonds is 6. The maximum absolute atomic E-state index is 12.1. The minimum atomic E-state index is -0.0512. The molecule has 2 rings (SSSR count). The van der Waals surface area contributed by atoms with Gasteiger partial charge in [-0.3, -0.25) is 4.79 Å². The molecule has 0 saturated carbocycles. The Morgan fingerprint density at radius 2 is 2.26 bits per heavy atom. The van der Waals surface area contributed by atoms with Crippen molar-refractivity contribution in [1.82, 2.24) is 14.8 Å². The van der Waals surface area contributed by atoms with E-state index < -0.39 is 0 Å².